The molecule has 0 aliphatic carbocycles. The van der Waals surface area contributed by atoms with Gasteiger partial charge in [-0.15, -0.1) is 0 Å². The number of alkyl halides is 1. The van der Waals surface area contributed by atoms with E-state index in [0.29, 0.717) is 5.56 Å². The molecule has 94 valence electrons. The van der Waals surface area contributed by atoms with E-state index in [2.05, 4.69) is 47.8 Å². The van der Waals surface area contributed by atoms with Gasteiger partial charge in [-0.05, 0) is 29.8 Å². The number of halogens is 5. The zero-order valence-electron chi connectivity index (χ0n) is 8.93. The molecule has 2 aromatic rings. The molecule has 0 nitrogen and oxygen atoms in total. The van der Waals surface area contributed by atoms with Crippen molar-refractivity contribution >= 4 is 59.4 Å². The van der Waals surface area contributed by atoms with Crippen LogP contribution in [0, 0.1) is 5.82 Å². The highest BCUT2D eigenvalue weighted by atomic mass is 79.9. The summed E-state index contributed by atoms with van der Waals surface area (Å²) in [6.07, 6.45) is 0. The van der Waals surface area contributed by atoms with Crippen molar-refractivity contribution in [2.24, 2.45) is 0 Å². The van der Waals surface area contributed by atoms with Gasteiger partial charge in [-0.1, -0.05) is 71.5 Å². The summed E-state index contributed by atoms with van der Waals surface area (Å²) in [6, 6.07) is 10.8. The van der Waals surface area contributed by atoms with Crippen LogP contribution in [-0.2, 0) is 0 Å². The van der Waals surface area contributed by atoms with Gasteiger partial charge < -0.3 is 0 Å². The van der Waals surface area contributed by atoms with Gasteiger partial charge in [0.15, 0.2) is 0 Å². The summed E-state index contributed by atoms with van der Waals surface area (Å²) in [5.41, 5.74) is 1.45. The van der Waals surface area contributed by atoms with Crippen molar-refractivity contribution in [3.8, 4) is 0 Å². The first-order valence-corrected chi connectivity index (χ1v) is 7.91. The second-order valence-electron chi connectivity index (χ2n) is 3.67. The molecule has 18 heavy (non-hydrogen) atoms. The third kappa shape index (κ3) is 2.98. The van der Waals surface area contributed by atoms with Crippen molar-refractivity contribution in [1.29, 1.82) is 0 Å². The molecule has 2 rings (SSSR count). The molecular weight excluding hydrogens is 450 g/mol. The van der Waals surface area contributed by atoms with Gasteiger partial charge in [0.25, 0.3) is 0 Å². The van der Waals surface area contributed by atoms with Crippen LogP contribution in [0.25, 0.3) is 0 Å². The molecule has 0 fully saturated rings. The minimum absolute atomic E-state index is 0.128. The Kier molecular flexibility index (Phi) is 4.86. The molecule has 1 unspecified atom stereocenters. The number of rotatable bonds is 2. The molecule has 0 heterocycles. The maximum atomic E-state index is 14.0. The van der Waals surface area contributed by atoms with Crippen LogP contribution in [0.4, 0.5) is 4.39 Å². The van der Waals surface area contributed by atoms with E-state index in [1.807, 2.05) is 18.2 Å². The summed E-state index contributed by atoms with van der Waals surface area (Å²) in [6.45, 7) is 0. The second-order valence-corrected chi connectivity index (χ2v) is 6.76. The largest absolute Gasteiger partial charge is 0.205 e. The highest BCUT2D eigenvalue weighted by molar-refractivity contribution is 9.11. The molecule has 0 bridgehead atoms. The van der Waals surface area contributed by atoms with Gasteiger partial charge in [-0.25, -0.2) is 4.39 Å². The molecular formula is C13H7Br3ClF. The predicted octanol–water partition coefficient (Wildman–Crippen LogP) is 6.49. The van der Waals surface area contributed by atoms with Gasteiger partial charge in [-0.2, -0.15) is 0 Å². The quantitative estimate of drug-likeness (QED) is 0.453. The summed E-state index contributed by atoms with van der Waals surface area (Å²) in [5.74, 6) is -0.395. The van der Waals surface area contributed by atoms with Crippen molar-refractivity contribution in [2.75, 3.05) is 0 Å². The lowest BCUT2D eigenvalue weighted by Gasteiger charge is -2.14. The minimum Gasteiger partial charge on any atom is -0.205 e. The summed E-state index contributed by atoms with van der Waals surface area (Å²) < 4.78 is 15.8. The topological polar surface area (TPSA) is 0 Å². The van der Waals surface area contributed by atoms with Crippen molar-refractivity contribution < 1.29 is 4.39 Å². The van der Waals surface area contributed by atoms with E-state index in [1.165, 1.54) is 6.07 Å². The molecule has 2 aromatic carbocycles. The minimum atomic E-state index is -0.395. The zero-order valence-corrected chi connectivity index (χ0v) is 14.4. The molecule has 0 radical (unpaired) electrons. The summed E-state index contributed by atoms with van der Waals surface area (Å²) in [7, 11) is 0. The van der Waals surface area contributed by atoms with Crippen LogP contribution in [0.5, 0.6) is 0 Å². The second kappa shape index (κ2) is 6.04. The van der Waals surface area contributed by atoms with Crippen molar-refractivity contribution in [3.63, 3.8) is 0 Å². The molecule has 0 aliphatic rings. The van der Waals surface area contributed by atoms with Gasteiger partial charge >= 0.3 is 0 Å². The van der Waals surface area contributed by atoms with Crippen LogP contribution < -0.4 is 0 Å². The molecule has 0 saturated heterocycles. The summed E-state index contributed by atoms with van der Waals surface area (Å²) in [4.78, 5) is -0.261. The maximum absolute atomic E-state index is 14.0. The van der Waals surface area contributed by atoms with E-state index in [1.54, 1.807) is 12.1 Å². The lowest BCUT2D eigenvalue weighted by atomic mass is 10.0. The number of benzene rings is 2. The van der Waals surface area contributed by atoms with Crippen LogP contribution in [0.2, 0.25) is 5.02 Å². The van der Waals surface area contributed by atoms with Crippen LogP contribution in [0.3, 0.4) is 0 Å². The van der Waals surface area contributed by atoms with Crippen LogP contribution in [-0.4, -0.2) is 0 Å². The van der Waals surface area contributed by atoms with E-state index in [9.17, 15) is 4.39 Å². The predicted molar refractivity (Wildman–Crippen MR) is 84.0 cm³/mol. The van der Waals surface area contributed by atoms with E-state index < -0.39 is 5.82 Å². The molecule has 1 atom stereocenters. The maximum Gasteiger partial charge on any atom is 0.146 e. The third-order valence-corrected chi connectivity index (χ3v) is 4.98. The molecule has 0 spiro atoms. The third-order valence-electron chi connectivity index (χ3n) is 2.49. The average molecular weight is 457 g/mol. The van der Waals surface area contributed by atoms with Crippen LogP contribution in [0.15, 0.2) is 45.3 Å². The van der Waals surface area contributed by atoms with E-state index in [-0.39, 0.29) is 9.85 Å². The van der Waals surface area contributed by atoms with Crippen LogP contribution >= 0.6 is 59.4 Å². The Balaban J connectivity index is 2.51. The standard InChI is InChI=1S/C13H7Br3ClF/c14-7-4-5-10(15)9(6-7)12(16)8-2-1-3-11(17)13(8)18/h1-6,12H. The normalized spacial score (nSPS) is 12.5. The summed E-state index contributed by atoms with van der Waals surface area (Å²) in [5, 5.41) is 0.128. The highest BCUT2D eigenvalue weighted by Gasteiger charge is 2.19. The van der Waals surface area contributed by atoms with E-state index >= 15 is 0 Å². The fourth-order valence-corrected chi connectivity index (χ4v) is 3.67. The lowest BCUT2D eigenvalue weighted by molar-refractivity contribution is 0.614. The molecule has 0 amide bonds. The number of hydrogen-bond acceptors (Lipinski definition) is 0. The fraction of sp³-hybridized carbons (Fsp3) is 0.0769. The Morgan fingerprint density at radius 2 is 1.78 bits per heavy atom. The molecule has 0 aromatic heterocycles. The first-order valence-electron chi connectivity index (χ1n) is 5.03. The average Bonchev–Trinajstić information content (AvgIpc) is 2.35. The molecule has 5 heteroatoms. The summed E-state index contributed by atoms with van der Waals surface area (Å²) >= 11 is 16.2. The SMILES string of the molecule is Fc1c(Cl)cccc1C(Br)c1cc(Br)ccc1Br. The Labute approximate surface area is 135 Å². The van der Waals surface area contributed by atoms with E-state index in [4.69, 9.17) is 11.6 Å². The van der Waals surface area contributed by atoms with Crippen molar-refractivity contribution in [3.05, 3.63) is 67.3 Å². The highest BCUT2D eigenvalue weighted by Crippen LogP contribution is 2.39. The monoisotopic (exact) mass is 454 g/mol. The van der Waals surface area contributed by atoms with Crippen molar-refractivity contribution in [2.45, 2.75) is 4.83 Å². The van der Waals surface area contributed by atoms with E-state index in [0.717, 1.165) is 14.5 Å². The molecule has 0 N–H and O–H groups in total. The van der Waals surface area contributed by atoms with Gasteiger partial charge in [-0.3, -0.25) is 0 Å². The van der Waals surface area contributed by atoms with Gasteiger partial charge in [0, 0.05) is 14.5 Å². The smallest absolute Gasteiger partial charge is 0.146 e. The van der Waals surface area contributed by atoms with Gasteiger partial charge in [0.05, 0.1) is 9.85 Å². The van der Waals surface area contributed by atoms with Crippen molar-refractivity contribution in [1.82, 2.24) is 0 Å². The lowest BCUT2D eigenvalue weighted by Crippen LogP contribution is -1.98. The molecule has 0 aliphatic heterocycles. The first kappa shape index (κ1) is 14.5. The molecule has 0 saturated carbocycles. The zero-order chi connectivity index (χ0) is 13.3. The van der Waals surface area contributed by atoms with Gasteiger partial charge in [0.1, 0.15) is 5.82 Å². The van der Waals surface area contributed by atoms with Gasteiger partial charge in [0.2, 0.25) is 0 Å². The Morgan fingerprint density at radius 1 is 1.06 bits per heavy atom. The Hall–Kier alpha value is 0.1000. The first-order chi connectivity index (χ1) is 8.50. The Bertz CT molecular complexity index is 584. The Morgan fingerprint density at radius 3 is 2.50 bits per heavy atom. The fourth-order valence-electron chi connectivity index (χ4n) is 1.59. The van der Waals surface area contributed by atoms with Crippen LogP contribution in [0.1, 0.15) is 16.0 Å². The number of hydrogen-bond donors (Lipinski definition) is 0.